The lowest BCUT2D eigenvalue weighted by Crippen LogP contribution is -2.42. The topological polar surface area (TPSA) is 32.3 Å². The molecule has 0 aromatic heterocycles. The number of carbonyl (C=O) groups is 1. The molecule has 0 saturated carbocycles. The molecule has 1 aliphatic heterocycles. The molecule has 136 valence electrons. The Bertz CT molecular complexity index is 591. The molecule has 1 N–H and O–H groups in total. The average molecular weight is 341 g/mol. The Morgan fingerprint density at radius 1 is 1.20 bits per heavy atom. The minimum atomic E-state index is 0.152. The molecule has 3 heteroatoms. The Morgan fingerprint density at radius 3 is 2.80 bits per heavy atom. The van der Waals surface area contributed by atoms with Crippen molar-refractivity contribution in [1.29, 1.82) is 0 Å². The molecule has 1 amide bonds. The van der Waals surface area contributed by atoms with Gasteiger partial charge in [0.2, 0.25) is 5.91 Å². The SMILES string of the molecule is Cc1ccc(CN2CCC[C@@H](C(=O)NCCC3=CCCCC3)C2)cc1. The molecule has 0 radical (unpaired) electrons. The molecule has 1 aromatic carbocycles. The van der Waals surface area contributed by atoms with Gasteiger partial charge in [-0.1, -0.05) is 41.5 Å². The first-order valence-electron chi connectivity index (χ1n) is 9.94. The smallest absolute Gasteiger partial charge is 0.224 e. The van der Waals surface area contributed by atoms with Crippen molar-refractivity contribution in [2.24, 2.45) is 5.92 Å². The maximum atomic E-state index is 12.5. The summed E-state index contributed by atoms with van der Waals surface area (Å²) in [5, 5.41) is 3.19. The number of hydrogen-bond donors (Lipinski definition) is 1. The lowest BCUT2D eigenvalue weighted by Gasteiger charge is -2.32. The summed E-state index contributed by atoms with van der Waals surface area (Å²) in [7, 11) is 0. The molecular weight excluding hydrogens is 308 g/mol. The van der Waals surface area contributed by atoms with Gasteiger partial charge in [0.15, 0.2) is 0 Å². The fourth-order valence-electron chi connectivity index (χ4n) is 3.99. The lowest BCUT2D eigenvalue weighted by molar-refractivity contribution is -0.126. The highest BCUT2D eigenvalue weighted by atomic mass is 16.1. The number of aryl methyl sites for hydroxylation is 1. The molecule has 0 bridgehead atoms. The third-order valence-corrected chi connectivity index (χ3v) is 5.53. The van der Waals surface area contributed by atoms with Crippen LogP contribution in [0.2, 0.25) is 0 Å². The molecule has 3 rings (SSSR count). The molecule has 25 heavy (non-hydrogen) atoms. The Labute approximate surface area is 152 Å². The Hall–Kier alpha value is -1.61. The second kappa shape index (κ2) is 9.19. The van der Waals surface area contributed by atoms with Gasteiger partial charge in [0.25, 0.3) is 0 Å². The van der Waals surface area contributed by atoms with Crippen LogP contribution in [0.3, 0.4) is 0 Å². The molecule has 0 spiro atoms. The molecule has 1 heterocycles. The van der Waals surface area contributed by atoms with Crippen molar-refractivity contribution in [3.05, 3.63) is 47.0 Å². The van der Waals surface area contributed by atoms with Crippen molar-refractivity contribution in [3.8, 4) is 0 Å². The monoisotopic (exact) mass is 340 g/mol. The molecule has 2 aliphatic rings. The maximum Gasteiger partial charge on any atom is 0.224 e. The zero-order valence-corrected chi connectivity index (χ0v) is 15.6. The van der Waals surface area contributed by atoms with Crippen LogP contribution < -0.4 is 5.32 Å². The predicted molar refractivity (Wildman–Crippen MR) is 103 cm³/mol. The van der Waals surface area contributed by atoms with Gasteiger partial charge in [0.1, 0.15) is 0 Å². The van der Waals surface area contributed by atoms with Crippen LogP contribution >= 0.6 is 0 Å². The maximum absolute atomic E-state index is 12.5. The van der Waals surface area contributed by atoms with Gasteiger partial charge in [-0.3, -0.25) is 9.69 Å². The van der Waals surface area contributed by atoms with Gasteiger partial charge in [-0.25, -0.2) is 0 Å². The fraction of sp³-hybridized carbons (Fsp3) is 0.591. The highest BCUT2D eigenvalue weighted by Crippen LogP contribution is 2.21. The Morgan fingerprint density at radius 2 is 2.04 bits per heavy atom. The van der Waals surface area contributed by atoms with Crippen molar-refractivity contribution < 1.29 is 4.79 Å². The number of nitrogens with one attached hydrogen (secondary N) is 1. The first-order chi connectivity index (χ1) is 12.2. The average Bonchev–Trinajstić information content (AvgIpc) is 2.65. The fourth-order valence-corrected chi connectivity index (χ4v) is 3.99. The van der Waals surface area contributed by atoms with E-state index in [1.165, 1.54) is 42.4 Å². The largest absolute Gasteiger partial charge is 0.356 e. The lowest BCUT2D eigenvalue weighted by atomic mass is 9.95. The Kier molecular flexibility index (Phi) is 6.69. The molecular formula is C22H32N2O. The summed E-state index contributed by atoms with van der Waals surface area (Å²) in [5.74, 6) is 0.407. The van der Waals surface area contributed by atoms with E-state index in [2.05, 4.69) is 47.5 Å². The third kappa shape index (κ3) is 5.71. The van der Waals surface area contributed by atoms with Gasteiger partial charge in [-0.15, -0.1) is 0 Å². The van der Waals surface area contributed by atoms with Crippen LogP contribution in [0.25, 0.3) is 0 Å². The molecule has 1 aliphatic carbocycles. The molecule has 3 nitrogen and oxygen atoms in total. The van der Waals surface area contributed by atoms with Gasteiger partial charge < -0.3 is 5.32 Å². The summed E-state index contributed by atoms with van der Waals surface area (Å²) < 4.78 is 0. The molecule has 1 atom stereocenters. The summed E-state index contributed by atoms with van der Waals surface area (Å²) in [4.78, 5) is 15.0. The molecule has 0 unspecified atom stereocenters. The number of likely N-dealkylation sites (tertiary alicyclic amines) is 1. The zero-order valence-electron chi connectivity index (χ0n) is 15.6. The minimum Gasteiger partial charge on any atom is -0.356 e. The van der Waals surface area contributed by atoms with Crippen LogP contribution in [0.4, 0.5) is 0 Å². The predicted octanol–water partition coefficient (Wildman–Crippen LogP) is 4.21. The first-order valence-corrected chi connectivity index (χ1v) is 9.94. The van der Waals surface area contributed by atoms with E-state index >= 15 is 0 Å². The van der Waals surface area contributed by atoms with E-state index in [0.717, 1.165) is 45.4 Å². The van der Waals surface area contributed by atoms with Crippen LogP contribution in [0.5, 0.6) is 0 Å². The van der Waals surface area contributed by atoms with Crippen LogP contribution in [0.1, 0.15) is 56.1 Å². The van der Waals surface area contributed by atoms with Crippen LogP contribution in [0, 0.1) is 12.8 Å². The van der Waals surface area contributed by atoms with E-state index in [9.17, 15) is 4.79 Å². The van der Waals surface area contributed by atoms with Crippen molar-refractivity contribution in [2.75, 3.05) is 19.6 Å². The van der Waals surface area contributed by atoms with E-state index in [1.54, 1.807) is 0 Å². The second-order valence-electron chi connectivity index (χ2n) is 7.71. The number of rotatable bonds is 6. The number of allylic oxidation sites excluding steroid dienone is 1. The first kappa shape index (κ1) is 18.2. The van der Waals surface area contributed by atoms with Gasteiger partial charge in [-0.2, -0.15) is 0 Å². The van der Waals surface area contributed by atoms with Crippen molar-refractivity contribution >= 4 is 5.91 Å². The number of benzene rings is 1. The van der Waals surface area contributed by atoms with Crippen molar-refractivity contribution in [2.45, 2.75) is 58.4 Å². The van der Waals surface area contributed by atoms with E-state index in [-0.39, 0.29) is 11.8 Å². The number of amides is 1. The van der Waals surface area contributed by atoms with Gasteiger partial charge in [0.05, 0.1) is 5.92 Å². The molecule has 1 aromatic rings. The van der Waals surface area contributed by atoms with Crippen LogP contribution in [0.15, 0.2) is 35.9 Å². The molecule has 1 saturated heterocycles. The second-order valence-corrected chi connectivity index (χ2v) is 7.71. The number of piperidine rings is 1. The Balaban J connectivity index is 1.43. The van der Waals surface area contributed by atoms with Crippen LogP contribution in [-0.4, -0.2) is 30.4 Å². The van der Waals surface area contributed by atoms with Gasteiger partial charge in [-0.05, 0) is 64.0 Å². The van der Waals surface area contributed by atoms with Gasteiger partial charge in [0, 0.05) is 19.6 Å². The quantitative estimate of drug-likeness (QED) is 0.787. The van der Waals surface area contributed by atoms with Crippen molar-refractivity contribution in [3.63, 3.8) is 0 Å². The number of carbonyl (C=O) groups excluding carboxylic acids is 1. The highest BCUT2D eigenvalue weighted by Gasteiger charge is 2.25. The van der Waals surface area contributed by atoms with E-state index < -0.39 is 0 Å². The van der Waals surface area contributed by atoms with Gasteiger partial charge >= 0.3 is 0 Å². The summed E-state index contributed by atoms with van der Waals surface area (Å²) in [6, 6.07) is 8.75. The van der Waals surface area contributed by atoms with Crippen LogP contribution in [-0.2, 0) is 11.3 Å². The third-order valence-electron chi connectivity index (χ3n) is 5.53. The van der Waals surface area contributed by atoms with E-state index in [1.807, 2.05) is 0 Å². The van der Waals surface area contributed by atoms with E-state index in [0.29, 0.717) is 0 Å². The normalized spacial score (nSPS) is 21.6. The molecule has 1 fully saturated rings. The zero-order chi connectivity index (χ0) is 17.5. The summed E-state index contributed by atoms with van der Waals surface area (Å²) in [6.45, 7) is 5.87. The number of hydrogen-bond acceptors (Lipinski definition) is 2. The summed E-state index contributed by atoms with van der Waals surface area (Å²) in [6.07, 6.45) is 10.6. The highest BCUT2D eigenvalue weighted by molar-refractivity contribution is 5.78. The standard InChI is InChI=1S/C22H32N2O/c1-18-9-11-20(12-10-18)16-24-15-5-8-21(17-24)22(25)23-14-13-19-6-3-2-4-7-19/h6,9-12,21H,2-5,7-8,13-17H2,1H3,(H,23,25)/t21-/m1/s1. The summed E-state index contributed by atoms with van der Waals surface area (Å²) in [5.41, 5.74) is 4.18. The number of nitrogens with zero attached hydrogens (tertiary/aromatic N) is 1. The minimum absolute atomic E-state index is 0.152. The summed E-state index contributed by atoms with van der Waals surface area (Å²) >= 11 is 0. The van der Waals surface area contributed by atoms with E-state index in [4.69, 9.17) is 0 Å². The van der Waals surface area contributed by atoms with Crippen molar-refractivity contribution in [1.82, 2.24) is 10.2 Å².